The molecule has 0 spiro atoms. The quantitative estimate of drug-likeness (QED) is 0.267. The third-order valence-corrected chi connectivity index (χ3v) is 3.26. The first-order chi connectivity index (χ1) is 11.2. The van der Waals surface area contributed by atoms with E-state index >= 15 is 0 Å². The van der Waals surface area contributed by atoms with E-state index in [0.29, 0.717) is 36.4 Å². The van der Waals surface area contributed by atoms with Gasteiger partial charge >= 0.3 is 0 Å². The van der Waals surface area contributed by atoms with Crippen molar-refractivity contribution in [1.82, 2.24) is 16.0 Å². The Kier molecular flexibility index (Phi) is 9.24. The van der Waals surface area contributed by atoms with Crippen molar-refractivity contribution in [1.29, 1.82) is 0 Å². The fourth-order valence-corrected chi connectivity index (χ4v) is 2.12. The van der Waals surface area contributed by atoms with Gasteiger partial charge in [-0.2, -0.15) is 0 Å². The van der Waals surface area contributed by atoms with Gasteiger partial charge in [-0.1, -0.05) is 23.7 Å². The van der Waals surface area contributed by atoms with E-state index in [9.17, 15) is 4.79 Å². The Bertz CT molecular complexity index is 662. The van der Waals surface area contributed by atoms with Gasteiger partial charge in [-0.05, 0) is 29.8 Å². The first-order valence-electron chi connectivity index (χ1n) is 7.19. The van der Waals surface area contributed by atoms with Crippen LogP contribution in [-0.4, -0.2) is 32.0 Å². The van der Waals surface area contributed by atoms with E-state index in [4.69, 9.17) is 16.0 Å². The van der Waals surface area contributed by atoms with Gasteiger partial charge in [0.25, 0.3) is 5.91 Å². The molecule has 0 saturated carbocycles. The summed E-state index contributed by atoms with van der Waals surface area (Å²) in [4.78, 5) is 15.8. The van der Waals surface area contributed by atoms with Crippen molar-refractivity contribution in [2.24, 2.45) is 4.99 Å². The van der Waals surface area contributed by atoms with Crippen LogP contribution in [0.4, 0.5) is 0 Å². The molecule has 1 amide bonds. The molecule has 1 aromatic carbocycles. The minimum atomic E-state index is -0.237. The summed E-state index contributed by atoms with van der Waals surface area (Å²) >= 11 is 5.95. The van der Waals surface area contributed by atoms with E-state index < -0.39 is 0 Å². The van der Waals surface area contributed by atoms with Crippen molar-refractivity contribution in [3.05, 3.63) is 59.0 Å². The maximum atomic E-state index is 11.7. The number of benzene rings is 1. The van der Waals surface area contributed by atoms with E-state index in [-0.39, 0.29) is 29.9 Å². The molecule has 3 N–H and O–H groups in total. The molecule has 0 bridgehead atoms. The molecule has 0 aliphatic rings. The number of nitrogens with one attached hydrogen (secondary N) is 3. The van der Waals surface area contributed by atoms with Crippen LogP contribution in [0.2, 0.25) is 5.02 Å². The number of carbonyl (C=O) groups is 1. The van der Waals surface area contributed by atoms with E-state index in [1.54, 1.807) is 19.2 Å². The van der Waals surface area contributed by atoms with E-state index in [1.165, 1.54) is 6.26 Å². The van der Waals surface area contributed by atoms with Gasteiger partial charge in [0.2, 0.25) is 0 Å². The number of rotatable bonds is 6. The van der Waals surface area contributed by atoms with Gasteiger partial charge < -0.3 is 20.4 Å². The zero-order chi connectivity index (χ0) is 16.5. The molecule has 0 radical (unpaired) electrons. The molecule has 2 rings (SSSR count). The van der Waals surface area contributed by atoms with Gasteiger partial charge in [-0.15, -0.1) is 24.0 Å². The highest BCUT2D eigenvalue weighted by Crippen LogP contribution is 2.10. The summed E-state index contributed by atoms with van der Waals surface area (Å²) in [5.74, 6) is 0.712. The summed E-state index contributed by atoms with van der Waals surface area (Å²) in [6.07, 6.45) is 1.47. The van der Waals surface area contributed by atoms with Crippen LogP contribution in [0.25, 0.3) is 0 Å². The SMILES string of the molecule is CN=C(NCCNC(=O)c1ccco1)NCc1cccc(Cl)c1.I. The summed E-state index contributed by atoms with van der Waals surface area (Å²) in [6.45, 7) is 1.61. The molecule has 8 heteroatoms. The third kappa shape index (κ3) is 6.79. The second-order valence-electron chi connectivity index (χ2n) is 4.72. The van der Waals surface area contributed by atoms with E-state index in [0.717, 1.165) is 5.56 Å². The number of nitrogens with zero attached hydrogens (tertiary/aromatic N) is 1. The average molecular weight is 463 g/mol. The number of aliphatic imine (C=N–C) groups is 1. The minimum Gasteiger partial charge on any atom is -0.459 e. The van der Waals surface area contributed by atoms with Crippen molar-refractivity contribution in [2.75, 3.05) is 20.1 Å². The normalized spacial score (nSPS) is 10.7. The molecule has 1 aromatic heterocycles. The number of furan rings is 1. The lowest BCUT2D eigenvalue weighted by Crippen LogP contribution is -2.41. The summed E-state index contributed by atoms with van der Waals surface area (Å²) in [7, 11) is 1.69. The van der Waals surface area contributed by atoms with Gasteiger partial charge in [0, 0.05) is 31.7 Å². The van der Waals surface area contributed by atoms with Crippen molar-refractivity contribution in [2.45, 2.75) is 6.54 Å². The van der Waals surface area contributed by atoms with E-state index in [2.05, 4.69) is 20.9 Å². The Hall–Kier alpha value is -1.74. The predicted molar refractivity (Wildman–Crippen MR) is 106 cm³/mol. The molecule has 24 heavy (non-hydrogen) atoms. The van der Waals surface area contributed by atoms with Crippen LogP contribution in [-0.2, 0) is 6.54 Å². The minimum absolute atomic E-state index is 0. The lowest BCUT2D eigenvalue weighted by atomic mass is 10.2. The van der Waals surface area contributed by atoms with Crippen LogP contribution in [0.3, 0.4) is 0 Å². The highest BCUT2D eigenvalue weighted by atomic mass is 127. The van der Waals surface area contributed by atoms with Gasteiger partial charge in [0.05, 0.1) is 6.26 Å². The molecule has 0 aliphatic carbocycles. The Morgan fingerprint density at radius 3 is 2.62 bits per heavy atom. The van der Waals surface area contributed by atoms with Crippen molar-refractivity contribution < 1.29 is 9.21 Å². The third-order valence-electron chi connectivity index (χ3n) is 3.02. The second kappa shape index (κ2) is 10.9. The Morgan fingerprint density at radius 2 is 1.96 bits per heavy atom. The van der Waals surface area contributed by atoms with Gasteiger partial charge in [0.15, 0.2) is 11.7 Å². The molecule has 1 heterocycles. The topological polar surface area (TPSA) is 78.7 Å². The van der Waals surface area contributed by atoms with Crippen LogP contribution in [0.5, 0.6) is 0 Å². The first-order valence-corrected chi connectivity index (χ1v) is 7.57. The molecule has 0 fully saturated rings. The number of carbonyl (C=O) groups excluding carboxylic acids is 1. The molecule has 6 nitrogen and oxygen atoms in total. The van der Waals surface area contributed by atoms with Crippen LogP contribution in [0.15, 0.2) is 52.1 Å². The van der Waals surface area contributed by atoms with Crippen molar-refractivity contribution in [3.8, 4) is 0 Å². The van der Waals surface area contributed by atoms with Crippen molar-refractivity contribution in [3.63, 3.8) is 0 Å². The molecule has 0 saturated heterocycles. The van der Waals surface area contributed by atoms with Crippen LogP contribution in [0, 0.1) is 0 Å². The highest BCUT2D eigenvalue weighted by molar-refractivity contribution is 14.0. The lowest BCUT2D eigenvalue weighted by molar-refractivity contribution is 0.0926. The van der Waals surface area contributed by atoms with Crippen LogP contribution < -0.4 is 16.0 Å². The molecule has 0 atom stereocenters. The Morgan fingerprint density at radius 1 is 1.17 bits per heavy atom. The summed E-state index contributed by atoms with van der Waals surface area (Å²) in [5.41, 5.74) is 1.06. The molecule has 130 valence electrons. The molecular weight excluding hydrogens is 443 g/mol. The number of hydrogen-bond acceptors (Lipinski definition) is 3. The maximum absolute atomic E-state index is 11.7. The van der Waals surface area contributed by atoms with Crippen molar-refractivity contribution >= 4 is 47.4 Å². The molecule has 2 aromatic rings. The fourth-order valence-electron chi connectivity index (χ4n) is 1.91. The number of guanidine groups is 1. The van der Waals surface area contributed by atoms with Gasteiger partial charge in [-0.25, -0.2) is 0 Å². The summed E-state index contributed by atoms with van der Waals surface area (Å²) in [6, 6.07) is 10.9. The largest absolute Gasteiger partial charge is 0.459 e. The summed E-state index contributed by atoms with van der Waals surface area (Å²) < 4.78 is 5.01. The summed E-state index contributed by atoms with van der Waals surface area (Å²) in [5, 5.41) is 9.75. The highest BCUT2D eigenvalue weighted by Gasteiger charge is 2.06. The van der Waals surface area contributed by atoms with Gasteiger partial charge in [0.1, 0.15) is 0 Å². The monoisotopic (exact) mass is 462 g/mol. The standard InChI is InChI=1S/C16H19ClN4O2.HI/c1-18-16(21-11-12-4-2-5-13(17)10-12)20-8-7-19-15(22)14-6-3-9-23-14;/h2-6,9-10H,7-8,11H2,1H3,(H,19,22)(H2,18,20,21);1H. The maximum Gasteiger partial charge on any atom is 0.287 e. The molecule has 0 unspecified atom stereocenters. The Balaban J connectivity index is 0.00000288. The fraction of sp³-hybridized carbons (Fsp3) is 0.250. The number of halogens is 2. The lowest BCUT2D eigenvalue weighted by Gasteiger charge is -2.12. The van der Waals surface area contributed by atoms with Crippen LogP contribution >= 0.6 is 35.6 Å². The Labute approximate surface area is 163 Å². The zero-order valence-electron chi connectivity index (χ0n) is 13.2. The second-order valence-corrected chi connectivity index (χ2v) is 5.15. The predicted octanol–water partition coefficient (Wildman–Crippen LogP) is 2.65. The number of hydrogen-bond donors (Lipinski definition) is 3. The zero-order valence-corrected chi connectivity index (χ0v) is 16.3. The van der Waals surface area contributed by atoms with Crippen LogP contribution in [0.1, 0.15) is 16.1 Å². The van der Waals surface area contributed by atoms with E-state index in [1.807, 2.05) is 24.3 Å². The number of amides is 1. The molecular formula is C16H20ClIN4O2. The molecule has 0 aliphatic heterocycles. The van der Waals surface area contributed by atoms with Gasteiger partial charge in [-0.3, -0.25) is 9.79 Å². The average Bonchev–Trinajstić information content (AvgIpc) is 3.08. The smallest absolute Gasteiger partial charge is 0.287 e. The first kappa shape index (κ1) is 20.3.